The number of carbonyl (C=O) groups is 1. The predicted molar refractivity (Wildman–Crippen MR) is 115 cm³/mol. The largest absolute Gasteiger partial charge is 0.488 e. The summed E-state index contributed by atoms with van der Waals surface area (Å²) in [6, 6.07) is 15.0. The van der Waals surface area contributed by atoms with Gasteiger partial charge < -0.3 is 19.6 Å². The lowest BCUT2D eigenvalue weighted by atomic mass is 9.78. The van der Waals surface area contributed by atoms with E-state index in [0.717, 1.165) is 12.1 Å². The second kappa shape index (κ2) is 8.25. The molecule has 1 aliphatic carbocycles. The normalized spacial score (nSPS) is 26.1. The van der Waals surface area contributed by atoms with Gasteiger partial charge in [0.25, 0.3) is 5.91 Å². The van der Waals surface area contributed by atoms with Crippen LogP contribution in [-0.2, 0) is 0 Å². The van der Waals surface area contributed by atoms with Crippen LogP contribution in [0.4, 0.5) is 5.69 Å². The van der Waals surface area contributed by atoms with Gasteiger partial charge in [-0.2, -0.15) is 0 Å². The number of nitrogens with zero attached hydrogens (tertiary/aromatic N) is 2. The molecule has 1 N–H and O–H groups in total. The Balaban J connectivity index is 1.41. The van der Waals surface area contributed by atoms with Gasteiger partial charge in [-0.1, -0.05) is 17.7 Å². The molecule has 0 aromatic heterocycles. The van der Waals surface area contributed by atoms with E-state index in [1.54, 1.807) is 12.1 Å². The highest BCUT2D eigenvalue weighted by Gasteiger charge is 2.44. The number of hydrogen-bond donors (Lipinski definition) is 1. The summed E-state index contributed by atoms with van der Waals surface area (Å²) in [5.41, 5.74) is 1.78. The van der Waals surface area contributed by atoms with Gasteiger partial charge in [0.15, 0.2) is 0 Å². The minimum Gasteiger partial charge on any atom is -0.488 e. The van der Waals surface area contributed by atoms with Gasteiger partial charge in [-0.25, -0.2) is 0 Å². The van der Waals surface area contributed by atoms with Gasteiger partial charge in [-0.05, 0) is 67.1 Å². The summed E-state index contributed by atoms with van der Waals surface area (Å²) >= 11 is 6.04. The van der Waals surface area contributed by atoms with Gasteiger partial charge in [-0.3, -0.25) is 4.79 Å². The number of aliphatic hydroxyl groups is 1. The number of amides is 1. The zero-order valence-corrected chi connectivity index (χ0v) is 17.5. The Kier molecular flexibility index (Phi) is 5.70. The molecule has 1 aliphatic heterocycles. The van der Waals surface area contributed by atoms with E-state index in [4.69, 9.17) is 16.3 Å². The molecule has 4 atom stereocenters. The number of benzene rings is 2. The molecule has 1 saturated heterocycles. The number of likely N-dealkylation sites (tertiary alicyclic amines) is 1. The fourth-order valence-electron chi connectivity index (χ4n) is 4.48. The summed E-state index contributed by atoms with van der Waals surface area (Å²) in [5, 5.41) is 11.2. The molecule has 2 aliphatic rings. The van der Waals surface area contributed by atoms with E-state index in [2.05, 4.69) is 0 Å². The van der Waals surface area contributed by atoms with Crippen molar-refractivity contribution in [2.75, 3.05) is 32.1 Å². The predicted octanol–water partition coefficient (Wildman–Crippen LogP) is 3.70. The Morgan fingerprint density at radius 3 is 2.45 bits per heavy atom. The van der Waals surface area contributed by atoms with Crippen molar-refractivity contribution in [3.63, 3.8) is 0 Å². The van der Waals surface area contributed by atoms with Gasteiger partial charge in [0, 0.05) is 43.5 Å². The molecular weight excluding hydrogens is 388 g/mol. The number of aliphatic hydroxyl groups excluding tert-OH is 1. The fraction of sp³-hybridized carbons (Fsp3) is 0.435. The van der Waals surface area contributed by atoms with E-state index < -0.39 is 6.10 Å². The third-order valence-corrected chi connectivity index (χ3v) is 6.32. The number of fused-ring (bicyclic) bond motifs is 1. The summed E-state index contributed by atoms with van der Waals surface area (Å²) in [7, 11) is 3.96. The van der Waals surface area contributed by atoms with Crippen LogP contribution in [-0.4, -0.2) is 55.3 Å². The van der Waals surface area contributed by atoms with E-state index in [0.29, 0.717) is 47.7 Å². The number of hydrogen-bond acceptors (Lipinski definition) is 4. The third kappa shape index (κ3) is 4.36. The monoisotopic (exact) mass is 414 g/mol. The minimum absolute atomic E-state index is 0.0616. The molecule has 6 heteroatoms. The van der Waals surface area contributed by atoms with E-state index in [1.807, 2.05) is 60.3 Å². The van der Waals surface area contributed by atoms with Crippen LogP contribution < -0.4 is 9.64 Å². The van der Waals surface area contributed by atoms with Crippen molar-refractivity contribution in [3.8, 4) is 5.75 Å². The van der Waals surface area contributed by atoms with Crippen LogP contribution >= 0.6 is 11.6 Å². The number of ether oxygens (including phenoxy) is 1. The van der Waals surface area contributed by atoms with E-state index >= 15 is 0 Å². The Labute approximate surface area is 176 Å². The Morgan fingerprint density at radius 2 is 1.79 bits per heavy atom. The highest BCUT2D eigenvalue weighted by Crippen LogP contribution is 2.38. The quantitative estimate of drug-likeness (QED) is 0.828. The molecule has 154 valence electrons. The maximum atomic E-state index is 13.0. The zero-order chi connectivity index (χ0) is 20.5. The first-order valence-electron chi connectivity index (χ1n) is 10.1. The molecule has 0 spiro atoms. The number of halogens is 1. The molecule has 1 saturated carbocycles. The highest BCUT2D eigenvalue weighted by molar-refractivity contribution is 6.30. The lowest BCUT2D eigenvalue weighted by molar-refractivity contribution is -0.0231. The SMILES string of the molecule is CN(C)c1ccc(C(=O)N2C[C@H]3C[C@@H](Oc4cccc(Cl)c4)[C@H](O)C[C@H]3C2)cc1. The van der Waals surface area contributed by atoms with E-state index in [9.17, 15) is 9.90 Å². The standard InChI is InChI=1S/C23H27ClN2O3/c1-25(2)19-8-6-15(7-9-19)23(28)26-13-16-10-21(27)22(11-17(16)14-26)29-20-5-3-4-18(24)12-20/h3-9,12,16-17,21-22,27H,10-11,13-14H2,1-2H3/t16-,17+,21+,22+/m0/s1. The molecule has 2 fully saturated rings. The molecule has 2 aromatic carbocycles. The summed E-state index contributed by atoms with van der Waals surface area (Å²) in [4.78, 5) is 16.9. The van der Waals surface area contributed by atoms with Crippen LogP contribution in [0.2, 0.25) is 5.02 Å². The number of anilines is 1. The summed E-state index contributed by atoms with van der Waals surface area (Å²) in [5.74, 6) is 1.39. The van der Waals surface area contributed by atoms with Crippen LogP contribution in [0.3, 0.4) is 0 Å². The van der Waals surface area contributed by atoms with Gasteiger partial charge in [-0.15, -0.1) is 0 Å². The van der Waals surface area contributed by atoms with Crippen LogP contribution in [0.1, 0.15) is 23.2 Å². The van der Waals surface area contributed by atoms with Crippen molar-refractivity contribution in [2.45, 2.75) is 25.0 Å². The lowest BCUT2D eigenvalue weighted by Crippen LogP contribution is -2.42. The van der Waals surface area contributed by atoms with Crippen LogP contribution in [0, 0.1) is 11.8 Å². The minimum atomic E-state index is -0.537. The third-order valence-electron chi connectivity index (χ3n) is 6.09. The summed E-state index contributed by atoms with van der Waals surface area (Å²) < 4.78 is 6.03. The summed E-state index contributed by atoms with van der Waals surface area (Å²) in [6.45, 7) is 1.40. The molecule has 2 aromatic rings. The van der Waals surface area contributed by atoms with E-state index in [-0.39, 0.29) is 12.0 Å². The topological polar surface area (TPSA) is 53.0 Å². The second-order valence-electron chi connectivity index (χ2n) is 8.32. The van der Waals surface area contributed by atoms with Crippen molar-refractivity contribution in [3.05, 3.63) is 59.1 Å². The molecule has 0 bridgehead atoms. The van der Waals surface area contributed by atoms with Crippen LogP contribution in [0.25, 0.3) is 0 Å². The first-order valence-corrected chi connectivity index (χ1v) is 10.5. The molecule has 1 heterocycles. The zero-order valence-electron chi connectivity index (χ0n) is 16.8. The Morgan fingerprint density at radius 1 is 1.10 bits per heavy atom. The Hall–Kier alpha value is -2.24. The average molecular weight is 415 g/mol. The molecular formula is C23H27ClN2O3. The number of carbonyl (C=O) groups excluding carboxylic acids is 1. The molecule has 0 radical (unpaired) electrons. The van der Waals surface area contributed by atoms with Gasteiger partial charge in [0.1, 0.15) is 11.9 Å². The van der Waals surface area contributed by atoms with Gasteiger partial charge in [0.2, 0.25) is 0 Å². The van der Waals surface area contributed by atoms with Crippen LogP contribution in [0.15, 0.2) is 48.5 Å². The van der Waals surface area contributed by atoms with Gasteiger partial charge >= 0.3 is 0 Å². The first kappa shape index (κ1) is 20.0. The van der Waals surface area contributed by atoms with Crippen molar-refractivity contribution < 1.29 is 14.6 Å². The van der Waals surface area contributed by atoms with Crippen molar-refractivity contribution >= 4 is 23.2 Å². The number of rotatable bonds is 4. The molecule has 1 amide bonds. The van der Waals surface area contributed by atoms with E-state index in [1.165, 1.54) is 0 Å². The maximum Gasteiger partial charge on any atom is 0.253 e. The molecule has 29 heavy (non-hydrogen) atoms. The maximum absolute atomic E-state index is 13.0. The lowest BCUT2D eigenvalue weighted by Gasteiger charge is -2.35. The van der Waals surface area contributed by atoms with Crippen molar-refractivity contribution in [2.24, 2.45) is 11.8 Å². The smallest absolute Gasteiger partial charge is 0.253 e. The van der Waals surface area contributed by atoms with Crippen LogP contribution in [0.5, 0.6) is 5.75 Å². The molecule has 5 nitrogen and oxygen atoms in total. The first-order chi connectivity index (χ1) is 13.9. The highest BCUT2D eigenvalue weighted by atomic mass is 35.5. The van der Waals surface area contributed by atoms with Crippen molar-refractivity contribution in [1.29, 1.82) is 0 Å². The fourth-order valence-corrected chi connectivity index (χ4v) is 4.66. The second-order valence-corrected chi connectivity index (χ2v) is 8.76. The van der Waals surface area contributed by atoms with Gasteiger partial charge in [0.05, 0.1) is 6.10 Å². The average Bonchev–Trinajstić information content (AvgIpc) is 3.10. The molecule has 4 rings (SSSR count). The van der Waals surface area contributed by atoms with Crippen molar-refractivity contribution in [1.82, 2.24) is 4.90 Å². The Bertz CT molecular complexity index is 871. The summed E-state index contributed by atoms with van der Waals surface area (Å²) in [6.07, 6.45) is 0.579. The molecule has 0 unspecified atom stereocenters.